The first-order valence-electron chi connectivity index (χ1n) is 9.43. The van der Waals surface area contributed by atoms with Crippen LogP contribution in [0.4, 0.5) is 5.69 Å². The van der Waals surface area contributed by atoms with E-state index >= 15 is 0 Å². The summed E-state index contributed by atoms with van der Waals surface area (Å²) < 4.78 is 0. The lowest BCUT2D eigenvalue weighted by molar-refractivity contribution is -0.140. The summed E-state index contributed by atoms with van der Waals surface area (Å²) in [6.07, 6.45) is 2.20. The zero-order valence-electron chi connectivity index (χ0n) is 16.3. The number of anilines is 1. The van der Waals surface area contributed by atoms with E-state index < -0.39 is 0 Å². The zero-order valence-corrected chi connectivity index (χ0v) is 17.0. The van der Waals surface area contributed by atoms with Gasteiger partial charge < -0.3 is 9.80 Å². The normalized spacial score (nSPS) is 14.2. The Balaban J connectivity index is 2.01. The molecule has 0 unspecified atom stereocenters. The van der Waals surface area contributed by atoms with E-state index in [0.717, 1.165) is 12.8 Å². The van der Waals surface area contributed by atoms with E-state index in [2.05, 4.69) is 0 Å². The Bertz CT molecular complexity index is 676. The number of nitrogens with zero attached hydrogens (tertiary/aromatic N) is 3. The molecule has 1 aliphatic heterocycles. The number of hydrogen-bond acceptors (Lipinski definition) is 3. The van der Waals surface area contributed by atoms with E-state index in [0.29, 0.717) is 23.7 Å². The van der Waals surface area contributed by atoms with Crippen molar-refractivity contribution >= 4 is 35.0 Å². The van der Waals surface area contributed by atoms with Crippen molar-refractivity contribution in [2.24, 2.45) is 5.92 Å². The molecule has 1 saturated heterocycles. The third kappa shape index (κ3) is 5.96. The minimum Gasteiger partial charge on any atom is -0.333 e. The average molecular weight is 394 g/mol. The molecule has 1 heterocycles. The molecule has 2 rings (SSSR count). The lowest BCUT2D eigenvalue weighted by atomic mass is 10.1. The van der Waals surface area contributed by atoms with E-state index in [1.165, 1.54) is 4.90 Å². The van der Waals surface area contributed by atoms with Gasteiger partial charge in [-0.2, -0.15) is 0 Å². The molecule has 1 fully saturated rings. The Labute approximate surface area is 166 Å². The standard InChI is InChI=1S/C20H28ClN3O3/c1-4-5-6-18(25)22(11-15(2)3)12-19(26)23-13-20(27)24(14-23)17-9-7-16(21)8-10-17/h7-10,15H,4-6,11-14H2,1-3H3. The van der Waals surface area contributed by atoms with Crippen LogP contribution in [0.1, 0.15) is 40.0 Å². The predicted octanol–water partition coefficient (Wildman–Crippen LogP) is 3.15. The molecule has 0 aliphatic carbocycles. The lowest BCUT2D eigenvalue weighted by Gasteiger charge is -2.26. The molecule has 0 radical (unpaired) electrons. The summed E-state index contributed by atoms with van der Waals surface area (Å²) in [5.74, 6) is -0.0724. The summed E-state index contributed by atoms with van der Waals surface area (Å²) in [5.41, 5.74) is 0.706. The topological polar surface area (TPSA) is 60.9 Å². The smallest absolute Gasteiger partial charge is 0.248 e. The van der Waals surface area contributed by atoms with E-state index in [4.69, 9.17) is 11.6 Å². The van der Waals surface area contributed by atoms with Gasteiger partial charge in [0.25, 0.3) is 0 Å². The summed E-state index contributed by atoms with van der Waals surface area (Å²) in [7, 11) is 0. The second-order valence-electron chi connectivity index (χ2n) is 7.30. The van der Waals surface area contributed by atoms with Crippen molar-refractivity contribution in [2.45, 2.75) is 40.0 Å². The van der Waals surface area contributed by atoms with E-state index in [-0.39, 0.29) is 43.4 Å². The maximum Gasteiger partial charge on any atom is 0.248 e. The molecule has 3 amide bonds. The Hall–Kier alpha value is -2.08. The minimum absolute atomic E-state index is 0.000944. The number of benzene rings is 1. The van der Waals surface area contributed by atoms with Gasteiger partial charge in [-0.05, 0) is 36.6 Å². The van der Waals surface area contributed by atoms with Crippen LogP contribution in [0, 0.1) is 5.92 Å². The van der Waals surface area contributed by atoms with Crippen molar-refractivity contribution in [2.75, 3.05) is 31.2 Å². The van der Waals surface area contributed by atoms with Gasteiger partial charge in [0.05, 0.1) is 6.54 Å². The highest BCUT2D eigenvalue weighted by atomic mass is 35.5. The van der Waals surface area contributed by atoms with Gasteiger partial charge in [0, 0.05) is 23.7 Å². The van der Waals surface area contributed by atoms with Crippen LogP contribution in [-0.2, 0) is 14.4 Å². The number of amides is 3. The molecule has 1 aromatic carbocycles. The van der Waals surface area contributed by atoms with E-state index in [9.17, 15) is 14.4 Å². The van der Waals surface area contributed by atoms with Gasteiger partial charge >= 0.3 is 0 Å². The molecule has 148 valence electrons. The van der Waals surface area contributed by atoms with Crippen LogP contribution in [0.5, 0.6) is 0 Å². The molecule has 0 atom stereocenters. The lowest BCUT2D eigenvalue weighted by Crippen LogP contribution is -2.44. The Morgan fingerprint density at radius 3 is 2.48 bits per heavy atom. The first-order valence-corrected chi connectivity index (χ1v) is 9.81. The molecule has 27 heavy (non-hydrogen) atoms. The molecule has 1 aliphatic rings. The number of hydrogen-bond donors (Lipinski definition) is 0. The molecule has 0 saturated carbocycles. The molecular weight excluding hydrogens is 366 g/mol. The molecule has 1 aromatic rings. The fourth-order valence-corrected chi connectivity index (χ4v) is 3.13. The number of carbonyl (C=O) groups excluding carboxylic acids is 3. The van der Waals surface area contributed by atoms with Crippen LogP contribution in [0.25, 0.3) is 0 Å². The molecule has 7 heteroatoms. The SMILES string of the molecule is CCCCC(=O)N(CC(=O)N1CC(=O)N(c2ccc(Cl)cc2)C1)CC(C)C. The molecule has 0 aromatic heterocycles. The highest BCUT2D eigenvalue weighted by molar-refractivity contribution is 6.30. The quantitative estimate of drug-likeness (QED) is 0.681. The molecule has 0 bridgehead atoms. The van der Waals surface area contributed by atoms with Crippen molar-refractivity contribution in [3.63, 3.8) is 0 Å². The first-order chi connectivity index (χ1) is 12.8. The van der Waals surface area contributed by atoms with Crippen LogP contribution in [0.2, 0.25) is 5.02 Å². The van der Waals surface area contributed by atoms with Gasteiger partial charge in [-0.3, -0.25) is 19.3 Å². The average Bonchev–Trinajstić information content (AvgIpc) is 3.01. The number of halogens is 1. The Morgan fingerprint density at radius 2 is 1.89 bits per heavy atom. The van der Waals surface area contributed by atoms with Crippen molar-refractivity contribution in [1.29, 1.82) is 0 Å². The number of carbonyl (C=O) groups is 3. The summed E-state index contributed by atoms with van der Waals surface area (Å²) in [6, 6.07) is 6.94. The van der Waals surface area contributed by atoms with Gasteiger partial charge in [0.2, 0.25) is 17.7 Å². The van der Waals surface area contributed by atoms with E-state index in [1.54, 1.807) is 34.1 Å². The number of rotatable bonds is 8. The van der Waals surface area contributed by atoms with Crippen LogP contribution in [0.15, 0.2) is 24.3 Å². The van der Waals surface area contributed by atoms with Gasteiger partial charge in [-0.25, -0.2) is 0 Å². The van der Waals surface area contributed by atoms with E-state index in [1.807, 2.05) is 20.8 Å². The van der Waals surface area contributed by atoms with Crippen LogP contribution in [-0.4, -0.2) is 53.8 Å². The van der Waals surface area contributed by atoms with Gasteiger partial charge in [-0.15, -0.1) is 0 Å². The summed E-state index contributed by atoms with van der Waals surface area (Å²) in [4.78, 5) is 42.2. The summed E-state index contributed by atoms with van der Waals surface area (Å²) in [5, 5.41) is 0.591. The van der Waals surface area contributed by atoms with Crippen molar-refractivity contribution < 1.29 is 14.4 Å². The Kier molecular flexibility index (Phi) is 7.66. The first kappa shape index (κ1) is 21.2. The largest absolute Gasteiger partial charge is 0.333 e. The predicted molar refractivity (Wildman–Crippen MR) is 106 cm³/mol. The van der Waals surface area contributed by atoms with Gasteiger partial charge in [0.15, 0.2) is 0 Å². The van der Waals surface area contributed by atoms with Crippen LogP contribution >= 0.6 is 11.6 Å². The highest BCUT2D eigenvalue weighted by Crippen LogP contribution is 2.22. The molecule has 0 N–H and O–H groups in total. The van der Waals surface area contributed by atoms with Crippen LogP contribution < -0.4 is 4.90 Å². The fraction of sp³-hybridized carbons (Fsp3) is 0.550. The van der Waals surface area contributed by atoms with Gasteiger partial charge in [-0.1, -0.05) is 38.8 Å². The fourth-order valence-electron chi connectivity index (χ4n) is 3.01. The summed E-state index contributed by atoms with van der Waals surface area (Å²) >= 11 is 5.89. The second kappa shape index (κ2) is 9.74. The maximum absolute atomic E-state index is 12.7. The zero-order chi connectivity index (χ0) is 20.0. The maximum atomic E-state index is 12.7. The van der Waals surface area contributed by atoms with Gasteiger partial charge in [0.1, 0.15) is 13.2 Å². The van der Waals surface area contributed by atoms with Crippen LogP contribution in [0.3, 0.4) is 0 Å². The number of unbranched alkanes of at least 4 members (excludes halogenated alkanes) is 1. The molecular formula is C20H28ClN3O3. The third-order valence-electron chi connectivity index (χ3n) is 4.44. The Morgan fingerprint density at radius 1 is 1.22 bits per heavy atom. The molecule has 0 spiro atoms. The van der Waals surface area contributed by atoms with Crippen molar-refractivity contribution in [3.05, 3.63) is 29.3 Å². The second-order valence-corrected chi connectivity index (χ2v) is 7.74. The van der Waals surface area contributed by atoms with Crippen molar-refractivity contribution in [3.8, 4) is 0 Å². The summed E-state index contributed by atoms with van der Waals surface area (Å²) in [6.45, 7) is 6.85. The molecule has 6 nitrogen and oxygen atoms in total. The highest BCUT2D eigenvalue weighted by Gasteiger charge is 2.33. The third-order valence-corrected chi connectivity index (χ3v) is 4.69. The van der Waals surface area contributed by atoms with Crippen molar-refractivity contribution in [1.82, 2.24) is 9.80 Å². The minimum atomic E-state index is -0.203. The monoisotopic (exact) mass is 393 g/mol.